The Morgan fingerprint density at radius 1 is 1.16 bits per heavy atom. The number of nitrogens with one attached hydrogen (secondary N) is 3. The van der Waals surface area contributed by atoms with Crippen LogP contribution in [-0.4, -0.2) is 77.4 Å². The van der Waals surface area contributed by atoms with Gasteiger partial charge >= 0.3 is 0 Å². The number of hydrogen-bond donors (Lipinski definition) is 3. The Balaban J connectivity index is 1.25. The molecular weight excluding hydrogens is 494 g/mol. The van der Waals surface area contributed by atoms with Crippen molar-refractivity contribution in [3.63, 3.8) is 0 Å². The number of imidazole rings is 1. The number of aryl methyl sites for hydroxylation is 1. The van der Waals surface area contributed by atoms with Gasteiger partial charge in [-0.05, 0) is 39.0 Å². The van der Waals surface area contributed by atoms with Crippen molar-refractivity contribution in [3.05, 3.63) is 18.2 Å². The molecule has 3 N–H and O–H groups in total. The van der Waals surface area contributed by atoms with E-state index in [0.29, 0.717) is 58.3 Å². The molecule has 11 nitrogen and oxygen atoms in total. The molecule has 1 aliphatic heterocycles. The maximum absolute atomic E-state index is 13.1. The fourth-order valence-corrected chi connectivity index (χ4v) is 5.74. The van der Waals surface area contributed by atoms with Gasteiger partial charge in [-0.2, -0.15) is 9.97 Å². The number of aromatic amines is 1. The highest BCUT2D eigenvalue weighted by Gasteiger charge is 2.31. The molecule has 0 unspecified atom stereocenters. The van der Waals surface area contributed by atoms with Crippen LogP contribution in [0, 0.1) is 6.92 Å². The number of aromatic nitrogens is 7. The molecule has 0 spiro atoms. The van der Waals surface area contributed by atoms with E-state index in [0.717, 1.165) is 44.0 Å². The fraction of sp³-hybridized carbons (Fsp3) is 0.520. The molecule has 1 saturated heterocycles. The van der Waals surface area contributed by atoms with Crippen molar-refractivity contribution >= 4 is 40.0 Å². The van der Waals surface area contributed by atoms with Crippen molar-refractivity contribution in [3.8, 4) is 11.3 Å². The van der Waals surface area contributed by atoms with Crippen LogP contribution in [0.15, 0.2) is 12.4 Å². The van der Waals surface area contributed by atoms with E-state index in [4.69, 9.17) is 9.97 Å². The standard InChI is InChI=1S/C25H30F2N10O/c1-13-31-23-24(37(13)12-18(26)27)33-17(11-30-23)16-10-29-22-20(16)21(28-2)34-25(35-22)32-14-5-7-15(8-6-14)36-9-3-4-19(36)38/h10-11,14-15,18H,3-9,12H2,1-2H3,(H3,28,29,32,34,35)/t14-,15-. The Hall–Kier alpha value is -3.90. The zero-order valence-corrected chi connectivity index (χ0v) is 21.3. The van der Waals surface area contributed by atoms with Crippen molar-refractivity contribution in [2.75, 3.05) is 24.2 Å². The van der Waals surface area contributed by atoms with Crippen molar-refractivity contribution in [1.29, 1.82) is 0 Å². The monoisotopic (exact) mass is 524 g/mol. The summed E-state index contributed by atoms with van der Waals surface area (Å²) in [6.07, 6.45) is 6.31. The van der Waals surface area contributed by atoms with Crippen LogP contribution in [0.3, 0.4) is 0 Å². The largest absolute Gasteiger partial charge is 0.372 e. The van der Waals surface area contributed by atoms with Crippen molar-refractivity contribution < 1.29 is 13.6 Å². The summed E-state index contributed by atoms with van der Waals surface area (Å²) in [5.41, 5.74) is 2.48. The number of nitrogens with zero attached hydrogens (tertiary/aromatic N) is 7. The molecule has 13 heteroatoms. The van der Waals surface area contributed by atoms with Gasteiger partial charge in [0.05, 0.1) is 23.8 Å². The maximum atomic E-state index is 13.1. The van der Waals surface area contributed by atoms with Gasteiger partial charge in [0.2, 0.25) is 11.9 Å². The van der Waals surface area contributed by atoms with E-state index in [2.05, 4.69) is 35.5 Å². The third kappa shape index (κ3) is 4.39. The second-order valence-electron chi connectivity index (χ2n) is 9.98. The summed E-state index contributed by atoms with van der Waals surface area (Å²) in [6.45, 7) is 2.05. The number of alkyl halides is 2. The van der Waals surface area contributed by atoms with E-state index in [-0.39, 0.29) is 11.9 Å². The number of rotatable bonds is 7. The van der Waals surface area contributed by atoms with E-state index in [9.17, 15) is 13.6 Å². The molecule has 0 radical (unpaired) electrons. The summed E-state index contributed by atoms with van der Waals surface area (Å²) in [5.74, 6) is 1.86. The SMILES string of the molecule is CNc1nc(N[C@H]2CC[C@H](N3CCCC3=O)CC2)nc2[nH]cc(-c3cnc4nc(C)n(CC(F)F)c4n3)c12. The second-order valence-corrected chi connectivity index (χ2v) is 9.98. The van der Waals surface area contributed by atoms with Crippen LogP contribution in [0.2, 0.25) is 0 Å². The van der Waals surface area contributed by atoms with Crippen molar-refractivity contribution in [2.45, 2.75) is 70.5 Å². The van der Waals surface area contributed by atoms with Crippen LogP contribution in [0.5, 0.6) is 0 Å². The topological polar surface area (TPSA) is 130 Å². The number of likely N-dealkylation sites (tertiary alicyclic amines) is 1. The van der Waals surface area contributed by atoms with Gasteiger partial charge < -0.3 is 25.1 Å². The lowest BCUT2D eigenvalue weighted by atomic mass is 9.90. The molecule has 38 heavy (non-hydrogen) atoms. The highest BCUT2D eigenvalue weighted by Crippen LogP contribution is 2.34. The van der Waals surface area contributed by atoms with Crippen LogP contribution in [0.4, 0.5) is 20.5 Å². The first-order valence-corrected chi connectivity index (χ1v) is 13.0. The average molecular weight is 525 g/mol. The minimum Gasteiger partial charge on any atom is -0.372 e. The quantitative estimate of drug-likeness (QED) is 0.334. The predicted molar refractivity (Wildman–Crippen MR) is 139 cm³/mol. The summed E-state index contributed by atoms with van der Waals surface area (Å²) in [4.78, 5) is 40.1. The van der Waals surface area contributed by atoms with Gasteiger partial charge in [-0.15, -0.1) is 0 Å². The molecule has 2 aliphatic rings. The average Bonchev–Trinajstić information content (AvgIpc) is 3.61. The molecule has 6 rings (SSSR count). The summed E-state index contributed by atoms with van der Waals surface area (Å²) in [6, 6.07) is 0.566. The third-order valence-corrected chi connectivity index (χ3v) is 7.60. The molecular formula is C25H30F2N10O. The lowest BCUT2D eigenvalue weighted by Gasteiger charge is -2.34. The lowest BCUT2D eigenvalue weighted by Crippen LogP contribution is -2.41. The predicted octanol–water partition coefficient (Wildman–Crippen LogP) is 3.73. The molecule has 4 aromatic heterocycles. The Bertz CT molecular complexity index is 1490. The zero-order valence-electron chi connectivity index (χ0n) is 21.3. The van der Waals surface area contributed by atoms with E-state index in [1.54, 1.807) is 26.4 Å². The molecule has 5 heterocycles. The zero-order chi connectivity index (χ0) is 26.4. The number of fused-ring (bicyclic) bond motifs is 2. The van der Waals surface area contributed by atoms with Crippen LogP contribution in [-0.2, 0) is 11.3 Å². The third-order valence-electron chi connectivity index (χ3n) is 7.60. The summed E-state index contributed by atoms with van der Waals surface area (Å²) >= 11 is 0. The normalized spacial score (nSPS) is 20.2. The van der Waals surface area contributed by atoms with Gasteiger partial charge in [-0.1, -0.05) is 0 Å². The summed E-state index contributed by atoms with van der Waals surface area (Å²) in [5, 5.41) is 7.36. The van der Waals surface area contributed by atoms with Crippen LogP contribution >= 0.6 is 0 Å². The minimum atomic E-state index is -2.53. The van der Waals surface area contributed by atoms with Crippen molar-refractivity contribution in [1.82, 2.24) is 39.4 Å². The Kier molecular flexibility index (Phi) is 6.28. The van der Waals surface area contributed by atoms with Gasteiger partial charge in [0.25, 0.3) is 6.43 Å². The van der Waals surface area contributed by atoms with E-state index in [1.165, 1.54) is 4.57 Å². The molecule has 0 aromatic carbocycles. The fourth-order valence-electron chi connectivity index (χ4n) is 5.74. The molecule has 1 saturated carbocycles. The smallest absolute Gasteiger partial charge is 0.256 e. The van der Waals surface area contributed by atoms with Crippen LogP contribution in [0.25, 0.3) is 33.6 Å². The Morgan fingerprint density at radius 2 is 1.97 bits per heavy atom. The van der Waals surface area contributed by atoms with Crippen LogP contribution in [0.1, 0.15) is 44.3 Å². The summed E-state index contributed by atoms with van der Waals surface area (Å²) in [7, 11) is 1.79. The van der Waals surface area contributed by atoms with E-state index < -0.39 is 13.0 Å². The first-order valence-electron chi connectivity index (χ1n) is 13.0. The highest BCUT2D eigenvalue weighted by atomic mass is 19.3. The number of hydrogen-bond acceptors (Lipinski definition) is 8. The Morgan fingerprint density at radius 3 is 2.68 bits per heavy atom. The lowest BCUT2D eigenvalue weighted by molar-refractivity contribution is -0.130. The number of carbonyl (C=O) groups is 1. The molecule has 0 bridgehead atoms. The summed E-state index contributed by atoms with van der Waals surface area (Å²) < 4.78 is 27.7. The molecule has 2 fully saturated rings. The van der Waals surface area contributed by atoms with Gasteiger partial charge in [-0.3, -0.25) is 4.79 Å². The van der Waals surface area contributed by atoms with Crippen LogP contribution < -0.4 is 10.6 Å². The number of carbonyl (C=O) groups excluding carboxylic acids is 1. The van der Waals surface area contributed by atoms with E-state index >= 15 is 0 Å². The van der Waals surface area contributed by atoms with Crippen molar-refractivity contribution in [2.24, 2.45) is 0 Å². The number of H-pyrrole nitrogens is 1. The number of anilines is 2. The maximum Gasteiger partial charge on any atom is 0.256 e. The van der Waals surface area contributed by atoms with E-state index in [1.807, 2.05) is 0 Å². The van der Waals surface area contributed by atoms with Gasteiger partial charge in [0.15, 0.2) is 11.3 Å². The minimum absolute atomic E-state index is 0.229. The molecule has 1 aliphatic carbocycles. The number of halogens is 2. The first kappa shape index (κ1) is 24.4. The molecule has 200 valence electrons. The van der Waals surface area contributed by atoms with Gasteiger partial charge in [0, 0.05) is 43.9 Å². The number of amides is 1. The second kappa shape index (κ2) is 9.76. The highest BCUT2D eigenvalue weighted by molar-refractivity contribution is 6.01. The Labute approximate surface area is 217 Å². The molecule has 1 amide bonds. The van der Waals surface area contributed by atoms with Gasteiger partial charge in [0.1, 0.15) is 17.3 Å². The molecule has 0 atom stereocenters. The molecule has 4 aromatic rings. The van der Waals surface area contributed by atoms with Gasteiger partial charge in [-0.25, -0.2) is 23.7 Å². The first-order chi connectivity index (χ1) is 18.4.